The number of hydrogen-bond donors (Lipinski definition) is 1. The van der Waals surface area contributed by atoms with Crippen LogP contribution >= 0.6 is 0 Å². The highest BCUT2D eigenvalue weighted by Gasteiger charge is 2.17. The van der Waals surface area contributed by atoms with Crippen molar-refractivity contribution in [3.05, 3.63) is 33.9 Å². The highest BCUT2D eigenvalue weighted by atomic mass is 16.6. The highest BCUT2D eigenvalue weighted by molar-refractivity contribution is 5.90. The molecule has 0 saturated carbocycles. The topological polar surface area (TPSA) is 91.3 Å². The first-order chi connectivity index (χ1) is 9.06. The maximum atomic E-state index is 11.1. The largest absolute Gasteiger partial charge is 0.496 e. The predicted molar refractivity (Wildman–Crippen MR) is 73.4 cm³/mol. The van der Waals surface area contributed by atoms with Gasteiger partial charge in [0.15, 0.2) is 5.52 Å². The summed E-state index contributed by atoms with van der Waals surface area (Å²) >= 11 is 0. The van der Waals surface area contributed by atoms with E-state index >= 15 is 0 Å². The van der Waals surface area contributed by atoms with Crippen molar-refractivity contribution in [2.75, 3.05) is 12.8 Å². The first-order valence-electron chi connectivity index (χ1n) is 5.98. The Hall–Kier alpha value is -2.37. The second kappa shape index (κ2) is 5.09. The molecule has 6 heteroatoms. The van der Waals surface area contributed by atoms with Crippen molar-refractivity contribution in [1.82, 2.24) is 4.98 Å². The molecule has 19 heavy (non-hydrogen) atoms. The monoisotopic (exact) mass is 261 g/mol. The Morgan fingerprint density at radius 3 is 2.74 bits per heavy atom. The molecule has 0 aliphatic rings. The summed E-state index contributed by atoms with van der Waals surface area (Å²) in [7, 11) is 1.47. The van der Waals surface area contributed by atoms with E-state index in [9.17, 15) is 10.1 Å². The van der Waals surface area contributed by atoms with Gasteiger partial charge in [-0.1, -0.05) is 13.3 Å². The molecule has 0 amide bonds. The molecule has 0 radical (unpaired) electrons. The summed E-state index contributed by atoms with van der Waals surface area (Å²) in [6.07, 6.45) is 1.73. The van der Waals surface area contributed by atoms with E-state index in [1.165, 1.54) is 13.2 Å². The number of rotatable bonds is 4. The van der Waals surface area contributed by atoms with E-state index in [2.05, 4.69) is 4.98 Å². The number of nitro groups is 1. The lowest BCUT2D eigenvalue weighted by molar-refractivity contribution is -0.383. The third-order valence-corrected chi connectivity index (χ3v) is 2.94. The smallest absolute Gasteiger partial charge is 0.299 e. The molecule has 0 bridgehead atoms. The first-order valence-corrected chi connectivity index (χ1v) is 5.98. The molecule has 1 heterocycles. The average molecular weight is 261 g/mol. The van der Waals surface area contributed by atoms with Crippen molar-refractivity contribution in [1.29, 1.82) is 0 Å². The molecule has 0 spiro atoms. The van der Waals surface area contributed by atoms with Crippen LogP contribution in [0.5, 0.6) is 5.75 Å². The number of nitro benzene ring substituents is 1. The van der Waals surface area contributed by atoms with Crippen molar-refractivity contribution in [2.24, 2.45) is 0 Å². The minimum atomic E-state index is -0.475. The second-order valence-corrected chi connectivity index (χ2v) is 4.26. The molecule has 1 aromatic carbocycles. The van der Waals surface area contributed by atoms with Crippen molar-refractivity contribution in [3.63, 3.8) is 0 Å². The summed E-state index contributed by atoms with van der Waals surface area (Å²) in [6, 6.07) is 4.93. The maximum Gasteiger partial charge on any atom is 0.299 e. The van der Waals surface area contributed by atoms with E-state index in [0.29, 0.717) is 22.5 Å². The average Bonchev–Trinajstić information content (AvgIpc) is 2.38. The minimum Gasteiger partial charge on any atom is -0.496 e. The quantitative estimate of drug-likeness (QED) is 0.674. The van der Waals surface area contributed by atoms with Crippen LogP contribution in [0.3, 0.4) is 0 Å². The number of aryl methyl sites for hydroxylation is 1. The molecule has 2 N–H and O–H groups in total. The fourth-order valence-electron chi connectivity index (χ4n) is 2.03. The Balaban J connectivity index is 2.74. The number of non-ortho nitro benzene ring substituents is 1. The van der Waals surface area contributed by atoms with Crippen LogP contribution in [0, 0.1) is 10.1 Å². The molecule has 0 atom stereocenters. The molecular formula is C13H15N3O3. The zero-order valence-corrected chi connectivity index (χ0v) is 10.8. The molecule has 0 unspecified atom stereocenters. The number of fused-ring (bicyclic) bond motifs is 1. The number of nitrogens with two attached hydrogens (primary N) is 1. The van der Waals surface area contributed by atoms with Crippen LogP contribution in [0.1, 0.15) is 18.9 Å². The number of anilines is 1. The van der Waals surface area contributed by atoms with Gasteiger partial charge in [0.1, 0.15) is 11.6 Å². The molecule has 6 nitrogen and oxygen atoms in total. The van der Waals surface area contributed by atoms with Gasteiger partial charge in [0.25, 0.3) is 5.69 Å². The van der Waals surface area contributed by atoms with Crippen molar-refractivity contribution in [2.45, 2.75) is 19.8 Å². The van der Waals surface area contributed by atoms with Gasteiger partial charge in [0.2, 0.25) is 0 Å². The first kappa shape index (κ1) is 13.1. The Kier molecular flexibility index (Phi) is 3.50. The van der Waals surface area contributed by atoms with Crippen LogP contribution < -0.4 is 10.5 Å². The Bertz CT molecular complexity index is 641. The van der Waals surface area contributed by atoms with E-state index in [-0.39, 0.29) is 5.69 Å². The fourth-order valence-corrected chi connectivity index (χ4v) is 2.03. The number of methoxy groups -OCH3 is 1. The molecule has 2 aromatic rings. The standard InChI is InChI=1S/C13H15N3O3/c1-3-4-8-5-9-6-10(19-2)7-11(16(17)18)12(9)15-13(8)14/h5-7H,3-4H2,1-2H3,(H2,14,15). The van der Waals surface area contributed by atoms with Gasteiger partial charge in [0.05, 0.1) is 18.1 Å². The summed E-state index contributed by atoms with van der Waals surface area (Å²) in [6.45, 7) is 2.04. The summed E-state index contributed by atoms with van der Waals surface area (Å²) in [4.78, 5) is 14.8. The molecule has 0 saturated heterocycles. The van der Waals surface area contributed by atoms with Crippen molar-refractivity contribution in [3.8, 4) is 5.75 Å². The lowest BCUT2D eigenvalue weighted by atomic mass is 10.1. The second-order valence-electron chi connectivity index (χ2n) is 4.26. The number of nitrogens with zero attached hydrogens (tertiary/aromatic N) is 2. The summed E-state index contributed by atoms with van der Waals surface area (Å²) in [5, 5.41) is 11.7. The zero-order valence-electron chi connectivity index (χ0n) is 10.8. The molecule has 100 valence electrons. The van der Waals surface area contributed by atoms with E-state index in [1.807, 2.05) is 13.0 Å². The van der Waals surface area contributed by atoms with Crippen molar-refractivity contribution < 1.29 is 9.66 Å². The highest BCUT2D eigenvalue weighted by Crippen LogP contribution is 2.31. The minimum absolute atomic E-state index is 0.0934. The van der Waals surface area contributed by atoms with Gasteiger partial charge in [-0.25, -0.2) is 4.98 Å². The SMILES string of the molecule is CCCc1cc2cc(OC)cc([N+](=O)[O-])c2nc1N. The van der Waals surface area contributed by atoms with E-state index < -0.39 is 4.92 Å². The number of nitrogen functional groups attached to an aromatic ring is 1. The van der Waals surface area contributed by atoms with E-state index in [1.54, 1.807) is 6.07 Å². The third-order valence-electron chi connectivity index (χ3n) is 2.94. The van der Waals surface area contributed by atoms with Gasteiger partial charge >= 0.3 is 0 Å². The van der Waals surface area contributed by atoms with E-state index in [4.69, 9.17) is 10.5 Å². The van der Waals surface area contributed by atoms with Crippen LogP contribution in [0.15, 0.2) is 18.2 Å². The number of pyridine rings is 1. The van der Waals surface area contributed by atoms with Gasteiger partial charge < -0.3 is 10.5 Å². The van der Waals surface area contributed by atoms with Crippen LogP contribution in [-0.4, -0.2) is 17.0 Å². The molecular weight excluding hydrogens is 246 g/mol. The summed E-state index contributed by atoms with van der Waals surface area (Å²) in [5.41, 5.74) is 6.95. The molecule has 2 rings (SSSR count). The zero-order chi connectivity index (χ0) is 14.0. The lowest BCUT2D eigenvalue weighted by Crippen LogP contribution is -2.01. The number of aromatic nitrogens is 1. The van der Waals surface area contributed by atoms with Crippen LogP contribution in [0.25, 0.3) is 10.9 Å². The lowest BCUT2D eigenvalue weighted by Gasteiger charge is -2.08. The molecule has 1 aromatic heterocycles. The molecule has 0 fully saturated rings. The van der Waals surface area contributed by atoms with Gasteiger partial charge in [-0.3, -0.25) is 10.1 Å². The van der Waals surface area contributed by atoms with Crippen LogP contribution in [0.4, 0.5) is 11.5 Å². The predicted octanol–water partition coefficient (Wildman–Crippen LogP) is 2.69. The fraction of sp³-hybridized carbons (Fsp3) is 0.308. The maximum absolute atomic E-state index is 11.1. The van der Waals surface area contributed by atoms with Gasteiger partial charge in [0, 0.05) is 5.39 Å². The normalized spacial score (nSPS) is 10.6. The Morgan fingerprint density at radius 2 is 2.16 bits per heavy atom. The van der Waals surface area contributed by atoms with Crippen LogP contribution in [-0.2, 0) is 6.42 Å². The Labute approximate surface area is 110 Å². The number of hydrogen-bond acceptors (Lipinski definition) is 5. The van der Waals surface area contributed by atoms with Crippen molar-refractivity contribution >= 4 is 22.4 Å². The summed E-state index contributed by atoms with van der Waals surface area (Å²) in [5.74, 6) is 0.788. The van der Waals surface area contributed by atoms with Gasteiger partial charge in [-0.05, 0) is 24.1 Å². The number of ether oxygens (including phenoxy) is 1. The van der Waals surface area contributed by atoms with Crippen LogP contribution in [0.2, 0.25) is 0 Å². The number of benzene rings is 1. The molecule has 0 aliphatic carbocycles. The third kappa shape index (κ3) is 2.42. The van der Waals surface area contributed by atoms with Gasteiger partial charge in [-0.2, -0.15) is 0 Å². The van der Waals surface area contributed by atoms with Gasteiger partial charge in [-0.15, -0.1) is 0 Å². The summed E-state index contributed by atoms with van der Waals surface area (Å²) < 4.78 is 5.08. The molecule has 0 aliphatic heterocycles. The Morgan fingerprint density at radius 1 is 1.42 bits per heavy atom. The van der Waals surface area contributed by atoms with E-state index in [0.717, 1.165) is 18.4 Å².